The molecule has 0 radical (unpaired) electrons. The number of nitrogens with one attached hydrogen (secondary N) is 1. The molecular weight excluding hydrogens is 683 g/mol. The van der Waals surface area contributed by atoms with Gasteiger partial charge in [-0.2, -0.15) is 0 Å². The Morgan fingerprint density at radius 2 is 0.946 bits per heavy atom. The van der Waals surface area contributed by atoms with E-state index in [1.807, 2.05) is 36.4 Å². The maximum absolute atomic E-state index is 5.21. The average Bonchev–Trinajstić information content (AvgIpc) is 3.78. The van der Waals surface area contributed by atoms with Gasteiger partial charge >= 0.3 is 0 Å². The summed E-state index contributed by atoms with van der Waals surface area (Å²) in [6, 6.07) is 71.1. The third kappa shape index (κ3) is 5.32. The molecule has 8 aromatic carbocycles. The van der Waals surface area contributed by atoms with Crippen molar-refractivity contribution < 1.29 is 0 Å². The van der Waals surface area contributed by atoms with Gasteiger partial charge in [0.05, 0.1) is 22.1 Å². The van der Waals surface area contributed by atoms with E-state index in [4.69, 9.17) is 9.98 Å². The van der Waals surface area contributed by atoms with Crippen molar-refractivity contribution in [3.05, 3.63) is 217 Å². The first-order chi connectivity index (χ1) is 27.8. The SMILES string of the molecule is c1ccc(C2=NC(c3cccc(-n4c5ccc(-c6ccccc6)cc5c5cc6c7ccccc7n(-c7ccccc7)c6cc54)c3)NC(c3ccccc3)=N2)cc1. The standard InChI is InChI=1S/C51H35N5/c1-5-16-34(17-6-1)37-28-29-46-42(31-37)44-32-43-41-26-13-14-27-45(41)55(39-23-11-4-12-24-39)47(43)33-48(44)56(46)40-25-15-22-38(30-40)51-53-49(35-18-7-2-8-19-35)52-50(54-51)36-20-9-3-10-21-36/h1-33,51H,(H,52,53,54). The molecule has 1 unspecified atom stereocenters. The molecule has 0 saturated carbocycles. The highest BCUT2D eigenvalue weighted by Gasteiger charge is 2.23. The first-order valence-corrected chi connectivity index (χ1v) is 19.0. The van der Waals surface area contributed by atoms with E-state index in [2.05, 4.69) is 178 Å². The molecule has 5 nitrogen and oxygen atoms in total. The van der Waals surface area contributed by atoms with Crippen LogP contribution in [0.25, 0.3) is 66.1 Å². The van der Waals surface area contributed by atoms with Crippen LogP contribution in [0.2, 0.25) is 0 Å². The van der Waals surface area contributed by atoms with Crippen LogP contribution in [0, 0.1) is 0 Å². The van der Waals surface area contributed by atoms with Crippen LogP contribution in [-0.4, -0.2) is 20.8 Å². The Morgan fingerprint density at radius 1 is 0.375 bits per heavy atom. The first-order valence-electron chi connectivity index (χ1n) is 19.0. The summed E-state index contributed by atoms with van der Waals surface area (Å²) in [6.07, 6.45) is -0.344. The fourth-order valence-electron chi connectivity index (χ4n) is 8.34. The fraction of sp³-hybridized carbons (Fsp3) is 0.0196. The quantitative estimate of drug-likeness (QED) is 0.183. The Morgan fingerprint density at radius 3 is 1.70 bits per heavy atom. The van der Waals surface area contributed by atoms with E-state index in [0.717, 1.165) is 44.9 Å². The van der Waals surface area contributed by atoms with Gasteiger partial charge in [-0.3, -0.25) is 0 Å². The summed E-state index contributed by atoms with van der Waals surface area (Å²) in [6.45, 7) is 0. The van der Waals surface area contributed by atoms with Crippen molar-refractivity contribution in [1.82, 2.24) is 14.5 Å². The molecule has 0 aliphatic carbocycles. The van der Waals surface area contributed by atoms with E-state index >= 15 is 0 Å². The zero-order valence-electron chi connectivity index (χ0n) is 30.4. The molecule has 0 bridgehead atoms. The normalized spacial score (nSPS) is 14.2. The van der Waals surface area contributed by atoms with Crippen LogP contribution in [0.3, 0.4) is 0 Å². The van der Waals surface area contributed by atoms with E-state index in [9.17, 15) is 0 Å². The maximum atomic E-state index is 5.21. The summed E-state index contributed by atoms with van der Waals surface area (Å²) >= 11 is 0. The lowest BCUT2D eigenvalue weighted by Crippen LogP contribution is -2.33. The molecule has 1 aliphatic heterocycles. The minimum atomic E-state index is -0.344. The molecule has 0 spiro atoms. The van der Waals surface area contributed by atoms with Crippen LogP contribution in [0.4, 0.5) is 0 Å². The van der Waals surface area contributed by atoms with Crippen molar-refractivity contribution in [2.24, 2.45) is 9.98 Å². The number of para-hydroxylation sites is 2. The predicted molar refractivity (Wildman–Crippen MR) is 232 cm³/mol. The molecule has 11 rings (SSSR count). The number of rotatable bonds is 6. The summed E-state index contributed by atoms with van der Waals surface area (Å²) < 4.78 is 4.82. The lowest BCUT2D eigenvalue weighted by molar-refractivity contribution is 0.674. The molecule has 10 aromatic rings. The molecule has 1 aliphatic rings. The van der Waals surface area contributed by atoms with Crippen LogP contribution in [-0.2, 0) is 0 Å². The Bertz CT molecular complexity index is 3140. The number of amidine groups is 2. The second-order valence-electron chi connectivity index (χ2n) is 14.3. The molecule has 264 valence electrons. The first kappa shape index (κ1) is 32.0. The van der Waals surface area contributed by atoms with E-state index in [0.29, 0.717) is 5.84 Å². The van der Waals surface area contributed by atoms with Crippen molar-refractivity contribution in [3.8, 4) is 22.5 Å². The van der Waals surface area contributed by atoms with Crippen molar-refractivity contribution in [1.29, 1.82) is 0 Å². The molecule has 0 fully saturated rings. The second-order valence-corrected chi connectivity index (χ2v) is 14.3. The summed E-state index contributed by atoms with van der Waals surface area (Å²) in [7, 11) is 0. The fourth-order valence-corrected chi connectivity index (χ4v) is 8.34. The number of fused-ring (bicyclic) bond motifs is 6. The van der Waals surface area contributed by atoms with Crippen LogP contribution in [0.1, 0.15) is 22.9 Å². The second kappa shape index (κ2) is 13.1. The van der Waals surface area contributed by atoms with Crippen LogP contribution in [0.5, 0.6) is 0 Å². The Hall–Kier alpha value is -7.50. The number of hydrogen-bond acceptors (Lipinski definition) is 3. The van der Waals surface area contributed by atoms with Gasteiger partial charge in [0.25, 0.3) is 0 Å². The lowest BCUT2D eigenvalue weighted by atomic mass is 10.0. The Labute approximate surface area is 324 Å². The summed E-state index contributed by atoms with van der Waals surface area (Å²) in [5.41, 5.74) is 12.3. The van der Waals surface area contributed by atoms with Crippen molar-refractivity contribution in [2.75, 3.05) is 0 Å². The highest BCUT2D eigenvalue weighted by molar-refractivity contribution is 6.19. The molecule has 0 saturated heterocycles. The Balaban J connectivity index is 1.14. The van der Waals surface area contributed by atoms with Gasteiger partial charge in [0.2, 0.25) is 0 Å². The molecule has 2 aromatic heterocycles. The number of hydrogen-bond donors (Lipinski definition) is 1. The number of benzene rings is 8. The van der Waals surface area contributed by atoms with E-state index in [-0.39, 0.29) is 6.17 Å². The minimum Gasteiger partial charge on any atom is -0.344 e. The maximum Gasteiger partial charge on any atom is 0.159 e. The van der Waals surface area contributed by atoms with Gasteiger partial charge in [-0.1, -0.05) is 146 Å². The Kier molecular flexibility index (Phi) is 7.49. The molecule has 5 heteroatoms. The highest BCUT2D eigenvalue weighted by Crippen LogP contribution is 2.41. The third-order valence-electron chi connectivity index (χ3n) is 10.9. The number of aliphatic imine (C=N–C) groups is 2. The molecule has 1 N–H and O–H groups in total. The van der Waals surface area contributed by atoms with Gasteiger partial charge in [-0.05, 0) is 71.3 Å². The number of nitrogens with zero attached hydrogens (tertiary/aromatic N) is 4. The number of aromatic nitrogens is 2. The van der Waals surface area contributed by atoms with Gasteiger partial charge in [0, 0.05) is 44.0 Å². The summed E-state index contributed by atoms with van der Waals surface area (Å²) in [5.74, 6) is 1.51. The van der Waals surface area contributed by atoms with E-state index in [1.54, 1.807) is 0 Å². The smallest absolute Gasteiger partial charge is 0.159 e. The topological polar surface area (TPSA) is 46.6 Å². The zero-order valence-corrected chi connectivity index (χ0v) is 30.4. The van der Waals surface area contributed by atoms with Gasteiger partial charge < -0.3 is 14.5 Å². The van der Waals surface area contributed by atoms with Crippen LogP contribution >= 0.6 is 0 Å². The van der Waals surface area contributed by atoms with Crippen molar-refractivity contribution in [3.63, 3.8) is 0 Å². The minimum absolute atomic E-state index is 0.344. The molecule has 0 amide bonds. The van der Waals surface area contributed by atoms with Gasteiger partial charge in [0.1, 0.15) is 12.0 Å². The predicted octanol–water partition coefficient (Wildman–Crippen LogP) is 12.0. The van der Waals surface area contributed by atoms with Crippen LogP contribution in [0.15, 0.2) is 210 Å². The molecule has 1 atom stereocenters. The van der Waals surface area contributed by atoms with Gasteiger partial charge in [-0.25, -0.2) is 9.98 Å². The van der Waals surface area contributed by atoms with Crippen LogP contribution < -0.4 is 5.32 Å². The molecule has 56 heavy (non-hydrogen) atoms. The van der Waals surface area contributed by atoms with Gasteiger partial charge in [-0.15, -0.1) is 0 Å². The summed E-state index contributed by atoms with van der Waals surface area (Å²) in [5, 5.41) is 8.57. The lowest BCUT2D eigenvalue weighted by Gasteiger charge is -2.24. The third-order valence-corrected chi connectivity index (χ3v) is 10.9. The monoisotopic (exact) mass is 717 g/mol. The average molecular weight is 718 g/mol. The van der Waals surface area contributed by atoms with Crippen molar-refractivity contribution in [2.45, 2.75) is 6.17 Å². The van der Waals surface area contributed by atoms with Crippen molar-refractivity contribution >= 4 is 55.3 Å². The van der Waals surface area contributed by atoms with E-state index < -0.39 is 0 Å². The molecule has 3 heterocycles. The largest absolute Gasteiger partial charge is 0.344 e. The van der Waals surface area contributed by atoms with E-state index in [1.165, 1.54) is 43.7 Å². The van der Waals surface area contributed by atoms with Gasteiger partial charge in [0.15, 0.2) is 5.84 Å². The summed E-state index contributed by atoms with van der Waals surface area (Å²) in [4.78, 5) is 10.2. The molecular formula is C51H35N5. The highest BCUT2D eigenvalue weighted by atomic mass is 15.2. The zero-order chi connectivity index (χ0) is 37.0.